The third-order valence-corrected chi connectivity index (χ3v) is 5.66. The zero-order valence-corrected chi connectivity index (χ0v) is 15.1. The number of hydrogen-bond acceptors (Lipinski definition) is 3. The van der Waals surface area contributed by atoms with Crippen LogP contribution in [-0.2, 0) is 16.8 Å². The molecule has 0 unspecified atom stereocenters. The number of rotatable bonds is 5. The van der Waals surface area contributed by atoms with Gasteiger partial charge in [-0.1, -0.05) is 15.9 Å². The van der Waals surface area contributed by atoms with E-state index < -0.39 is 10.2 Å². The highest BCUT2D eigenvalue weighted by molar-refractivity contribution is 9.10. The lowest BCUT2D eigenvalue weighted by atomic mass is 10.2. The van der Waals surface area contributed by atoms with Gasteiger partial charge in [-0.05, 0) is 37.6 Å². The quantitative estimate of drug-likeness (QED) is 0.831. The number of piperazine rings is 1. The van der Waals surface area contributed by atoms with Gasteiger partial charge in [0, 0.05) is 43.2 Å². The first-order valence-electron chi connectivity index (χ1n) is 7.21. The first-order chi connectivity index (χ1) is 10.3. The Labute approximate surface area is 139 Å². The van der Waals surface area contributed by atoms with Gasteiger partial charge >= 0.3 is 0 Å². The molecule has 0 radical (unpaired) electrons. The minimum atomic E-state index is -3.40. The molecule has 0 aliphatic carbocycles. The molecule has 22 heavy (non-hydrogen) atoms. The topological polar surface area (TPSA) is 52.7 Å². The molecule has 1 aromatic rings. The van der Waals surface area contributed by atoms with Crippen molar-refractivity contribution >= 4 is 26.1 Å². The summed E-state index contributed by atoms with van der Waals surface area (Å²) in [5, 5.41) is 0. The van der Waals surface area contributed by atoms with Crippen LogP contribution in [0.15, 0.2) is 22.7 Å². The molecule has 5 nitrogen and oxygen atoms in total. The van der Waals surface area contributed by atoms with E-state index in [1.54, 1.807) is 13.8 Å². The first kappa shape index (κ1) is 17.8. The second kappa shape index (κ2) is 7.35. The van der Waals surface area contributed by atoms with Crippen molar-refractivity contribution in [2.75, 3.05) is 26.2 Å². The minimum Gasteiger partial charge on any atom is -0.296 e. The van der Waals surface area contributed by atoms with Gasteiger partial charge < -0.3 is 0 Å². The maximum atomic E-state index is 13.4. The molecule has 1 N–H and O–H groups in total. The van der Waals surface area contributed by atoms with Crippen molar-refractivity contribution in [3.8, 4) is 0 Å². The molecule has 0 spiro atoms. The molecule has 1 fully saturated rings. The van der Waals surface area contributed by atoms with Crippen molar-refractivity contribution < 1.29 is 12.8 Å². The Morgan fingerprint density at radius 1 is 1.23 bits per heavy atom. The average Bonchev–Trinajstić information content (AvgIpc) is 2.36. The van der Waals surface area contributed by atoms with Crippen LogP contribution in [0, 0.1) is 5.82 Å². The highest BCUT2D eigenvalue weighted by Crippen LogP contribution is 2.17. The average molecular weight is 394 g/mol. The van der Waals surface area contributed by atoms with Crippen molar-refractivity contribution in [3.63, 3.8) is 0 Å². The first-order valence-corrected chi connectivity index (χ1v) is 9.44. The molecular weight excluding hydrogens is 373 g/mol. The molecule has 0 amide bonds. The maximum absolute atomic E-state index is 13.4. The predicted molar refractivity (Wildman–Crippen MR) is 88.1 cm³/mol. The van der Waals surface area contributed by atoms with Gasteiger partial charge in [-0.3, -0.25) is 4.90 Å². The molecule has 1 aliphatic heterocycles. The van der Waals surface area contributed by atoms with Gasteiger partial charge in [0.15, 0.2) is 0 Å². The normalized spacial score (nSPS) is 18.0. The van der Waals surface area contributed by atoms with Gasteiger partial charge in [0.05, 0.1) is 0 Å². The van der Waals surface area contributed by atoms with Crippen LogP contribution in [0.25, 0.3) is 0 Å². The third kappa shape index (κ3) is 4.99. The van der Waals surface area contributed by atoms with E-state index in [0.717, 1.165) is 5.56 Å². The lowest BCUT2D eigenvalue weighted by Gasteiger charge is -2.34. The van der Waals surface area contributed by atoms with E-state index in [4.69, 9.17) is 0 Å². The predicted octanol–water partition coefficient (Wildman–Crippen LogP) is 1.95. The zero-order chi connectivity index (χ0) is 16.3. The Balaban J connectivity index is 1.92. The van der Waals surface area contributed by atoms with E-state index in [1.807, 2.05) is 6.07 Å². The molecule has 124 valence electrons. The van der Waals surface area contributed by atoms with E-state index >= 15 is 0 Å². The summed E-state index contributed by atoms with van der Waals surface area (Å²) in [5.74, 6) is -0.272. The van der Waals surface area contributed by atoms with E-state index in [2.05, 4.69) is 25.6 Å². The maximum Gasteiger partial charge on any atom is 0.279 e. The molecule has 0 saturated carbocycles. The molecule has 2 rings (SSSR count). The van der Waals surface area contributed by atoms with Gasteiger partial charge in [0.25, 0.3) is 10.2 Å². The van der Waals surface area contributed by atoms with Crippen LogP contribution in [0.2, 0.25) is 0 Å². The Bertz CT molecular complexity index is 596. The van der Waals surface area contributed by atoms with Crippen molar-refractivity contribution in [2.24, 2.45) is 0 Å². The van der Waals surface area contributed by atoms with Crippen LogP contribution < -0.4 is 4.72 Å². The van der Waals surface area contributed by atoms with E-state index in [9.17, 15) is 12.8 Å². The SMILES string of the molecule is CC(C)NS(=O)(=O)N1CCN(Cc2cc(F)cc(Br)c2)CC1. The van der Waals surface area contributed by atoms with E-state index in [1.165, 1.54) is 16.4 Å². The van der Waals surface area contributed by atoms with Crippen LogP contribution >= 0.6 is 15.9 Å². The monoisotopic (exact) mass is 393 g/mol. The van der Waals surface area contributed by atoms with Gasteiger partial charge in [-0.15, -0.1) is 0 Å². The smallest absolute Gasteiger partial charge is 0.279 e. The summed E-state index contributed by atoms with van der Waals surface area (Å²) >= 11 is 3.28. The molecule has 1 aliphatic rings. The number of halogens is 2. The van der Waals surface area contributed by atoms with Crippen LogP contribution in [0.1, 0.15) is 19.4 Å². The van der Waals surface area contributed by atoms with Crippen LogP contribution in [-0.4, -0.2) is 49.8 Å². The van der Waals surface area contributed by atoms with Gasteiger partial charge in [0.1, 0.15) is 5.82 Å². The lowest BCUT2D eigenvalue weighted by molar-refractivity contribution is 0.180. The van der Waals surface area contributed by atoms with Crippen LogP contribution in [0.4, 0.5) is 4.39 Å². The van der Waals surface area contributed by atoms with Crippen LogP contribution in [0.3, 0.4) is 0 Å². The molecule has 1 heterocycles. The molecule has 0 aromatic heterocycles. The number of nitrogens with zero attached hydrogens (tertiary/aromatic N) is 2. The number of nitrogens with one attached hydrogen (secondary N) is 1. The fourth-order valence-electron chi connectivity index (χ4n) is 2.46. The highest BCUT2D eigenvalue weighted by Gasteiger charge is 2.27. The Morgan fingerprint density at radius 3 is 2.41 bits per heavy atom. The van der Waals surface area contributed by atoms with Gasteiger partial charge in [0.2, 0.25) is 0 Å². The summed E-state index contributed by atoms with van der Waals surface area (Å²) < 4.78 is 42.3. The third-order valence-electron chi connectivity index (χ3n) is 3.38. The largest absolute Gasteiger partial charge is 0.296 e. The van der Waals surface area contributed by atoms with Gasteiger partial charge in [-0.25, -0.2) is 4.39 Å². The summed E-state index contributed by atoms with van der Waals surface area (Å²) in [6.07, 6.45) is 0. The van der Waals surface area contributed by atoms with Crippen molar-refractivity contribution in [1.82, 2.24) is 13.9 Å². The molecular formula is C14H21BrFN3O2S. The Morgan fingerprint density at radius 2 is 1.86 bits per heavy atom. The second-order valence-electron chi connectivity index (χ2n) is 5.73. The molecule has 0 atom stereocenters. The standard InChI is InChI=1S/C14H21BrFN3O2S/c1-11(2)17-22(20,21)19-5-3-18(4-6-19)10-12-7-13(15)9-14(16)8-12/h7-9,11,17H,3-6,10H2,1-2H3. The number of benzene rings is 1. The van der Waals surface area contributed by atoms with Crippen LogP contribution in [0.5, 0.6) is 0 Å². The fraction of sp³-hybridized carbons (Fsp3) is 0.571. The lowest BCUT2D eigenvalue weighted by Crippen LogP contribution is -2.52. The summed E-state index contributed by atoms with van der Waals surface area (Å²) in [7, 11) is -3.40. The molecule has 8 heteroatoms. The highest BCUT2D eigenvalue weighted by atomic mass is 79.9. The Hall–Kier alpha value is -0.540. The molecule has 0 bridgehead atoms. The summed E-state index contributed by atoms with van der Waals surface area (Å²) in [6, 6.07) is 4.69. The van der Waals surface area contributed by atoms with Crippen molar-refractivity contribution in [3.05, 3.63) is 34.1 Å². The molecule has 1 saturated heterocycles. The summed E-state index contributed by atoms with van der Waals surface area (Å²) in [4.78, 5) is 2.13. The fourth-order valence-corrected chi connectivity index (χ4v) is 4.36. The molecule has 1 aromatic carbocycles. The number of hydrogen-bond donors (Lipinski definition) is 1. The minimum absolute atomic E-state index is 0.118. The van der Waals surface area contributed by atoms with Gasteiger partial charge in [-0.2, -0.15) is 17.4 Å². The van der Waals surface area contributed by atoms with Crippen molar-refractivity contribution in [2.45, 2.75) is 26.4 Å². The van der Waals surface area contributed by atoms with E-state index in [-0.39, 0.29) is 11.9 Å². The van der Waals surface area contributed by atoms with Crippen molar-refractivity contribution in [1.29, 1.82) is 0 Å². The summed E-state index contributed by atoms with van der Waals surface area (Å²) in [6.45, 7) is 6.37. The van der Waals surface area contributed by atoms with E-state index in [0.29, 0.717) is 37.2 Å². The Kier molecular flexibility index (Phi) is 5.95. The second-order valence-corrected chi connectivity index (χ2v) is 8.35. The summed E-state index contributed by atoms with van der Waals surface area (Å²) in [5.41, 5.74) is 0.878. The zero-order valence-electron chi connectivity index (χ0n) is 12.7.